The highest BCUT2D eigenvalue weighted by molar-refractivity contribution is 8.00. The summed E-state index contributed by atoms with van der Waals surface area (Å²) in [5.41, 5.74) is 1.15. The van der Waals surface area contributed by atoms with Crippen molar-refractivity contribution in [2.75, 3.05) is 5.32 Å². The van der Waals surface area contributed by atoms with Crippen molar-refractivity contribution in [3.05, 3.63) is 30.5 Å². The molecular weight excluding hydrogens is 288 g/mol. The van der Waals surface area contributed by atoms with Crippen LogP contribution in [0.15, 0.2) is 29.1 Å². The van der Waals surface area contributed by atoms with Gasteiger partial charge >= 0.3 is 0 Å². The van der Waals surface area contributed by atoms with Gasteiger partial charge in [0.1, 0.15) is 6.33 Å². The molecule has 0 saturated heterocycles. The highest BCUT2D eigenvalue weighted by Gasteiger charge is 2.14. The third kappa shape index (κ3) is 3.93. The van der Waals surface area contributed by atoms with Gasteiger partial charge in [-0.1, -0.05) is 30.6 Å². The van der Waals surface area contributed by atoms with E-state index in [1.165, 1.54) is 36.3 Å². The number of nitrogens with zero attached hydrogens (tertiary/aromatic N) is 3. The quantitative estimate of drug-likeness (QED) is 0.847. The summed E-state index contributed by atoms with van der Waals surface area (Å²) in [4.78, 5) is 12.5. The molecule has 1 aliphatic rings. The molecule has 0 spiro atoms. The molecule has 0 radical (unpaired) electrons. The van der Waals surface area contributed by atoms with Crippen molar-refractivity contribution in [1.29, 1.82) is 0 Å². The van der Waals surface area contributed by atoms with Gasteiger partial charge in [-0.3, -0.25) is 0 Å². The number of thiazole rings is 1. The Morgan fingerprint density at radius 1 is 1.15 bits per heavy atom. The van der Waals surface area contributed by atoms with E-state index in [1.54, 1.807) is 29.4 Å². The van der Waals surface area contributed by atoms with Crippen LogP contribution in [0.3, 0.4) is 0 Å². The molecule has 1 fully saturated rings. The first kappa shape index (κ1) is 13.8. The third-order valence-corrected chi connectivity index (χ3v) is 5.61. The molecule has 0 aromatic carbocycles. The van der Waals surface area contributed by atoms with E-state index in [4.69, 9.17) is 0 Å². The van der Waals surface area contributed by atoms with Gasteiger partial charge in [0, 0.05) is 24.2 Å². The minimum absolute atomic E-state index is 0.621. The van der Waals surface area contributed by atoms with Crippen LogP contribution in [-0.2, 0) is 5.75 Å². The highest BCUT2D eigenvalue weighted by Crippen LogP contribution is 2.31. The maximum Gasteiger partial charge on any atom is 0.183 e. The summed E-state index contributed by atoms with van der Waals surface area (Å²) in [5.74, 6) is 0.895. The molecule has 0 bridgehead atoms. The number of thioether (sulfide) groups is 1. The molecule has 6 heteroatoms. The molecule has 2 aromatic rings. The lowest BCUT2D eigenvalue weighted by molar-refractivity contribution is 0.462. The third-order valence-electron chi connectivity index (χ3n) is 3.41. The molecule has 4 nitrogen and oxygen atoms in total. The lowest BCUT2D eigenvalue weighted by Crippen LogP contribution is -2.21. The van der Waals surface area contributed by atoms with E-state index in [0.29, 0.717) is 6.04 Å². The van der Waals surface area contributed by atoms with Crippen LogP contribution in [-0.4, -0.2) is 21.0 Å². The minimum Gasteiger partial charge on any atom is -0.359 e. The Hall–Kier alpha value is -1.14. The number of aromatic nitrogens is 3. The fourth-order valence-electron chi connectivity index (χ4n) is 2.37. The van der Waals surface area contributed by atoms with Crippen LogP contribution in [0.4, 0.5) is 5.13 Å². The maximum atomic E-state index is 4.48. The second-order valence-corrected chi connectivity index (χ2v) is 7.31. The van der Waals surface area contributed by atoms with E-state index < -0.39 is 0 Å². The average Bonchev–Trinajstić information content (AvgIpc) is 2.95. The van der Waals surface area contributed by atoms with Gasteiger partial charge in [-0.2, -0.15) is 0 Å². The van der Waals surface area contributed by atoms with Crippen molar-refractivity contribution >= 4 is 28.2 Å². The second kappa shape index (κ2) is 7.04. The van der Waals surface area contributed by atoms with E-state index in [0.717, 1.165) is 16.4 Å². The molecule has 0 aliphatic heterocycles. The first-order valence-corrected chi connectivity index (χ1v) is 8.79. The average molecular weight is 306 g/mol. The Morgan fingerprint density at radius 2 is 1.95 bits per heavy atom. The summed E-state index contributed by atoms with van der Waals surface area (Å²) in [6.45, 7) is 0. The number of hydrogen-bond donors (Lipinski definition) is 1. The molecule has 0 unspecified atom stereocenters. The lowest BCUT2D eigenvalue weighted by Gasteiger charge is -2.22. The largest absolute Gasteiger partial charge is 0.359 e. The van der Waals surface area contributed by atoms with Gasteiger partial charge in [-0.15, -0.1) is 11.8 Å². The normalized spacial score (nSPS) is 16.2. The lowest BCUT2D eigenvalue weighted by atomic mass is 9.96. The zero-order valence-corrected chi connectivity index (χ0v) is 12.9. The molecule has 0 amide bonds. The topological polar surface area (TPSA) is 50.7 Å². The van der Waals surface area contributed by atoms with Crippen LogP contribution in [0.1, 0.15) is 37.7 Å². The second-order valence-electron chi connectivity index (χ2n) is 5.00. The molecule has 20 heavy (non-hydrogen) atoms. The Kier molecular flexibility index (Phi) is 4.86. The van der Waals surface area contributed by atoms with Crippen LogP contribution in [0, 0.1) is 0 Å². The zero-order chi connectivity index (χ0) is 13.6. The van der Waals surface area contributed by atoms with Crippen molar-refractivity contribution in [3.8, 4) is 0 Å². The van der Waals surface area contributed by atoms with Crippen molar-refractivity contribution in [2.24, 2.45) is 0 Å². The monoisotopic (exact) mass is 306 g/mol. The molecule has 2 heterocycles. The van der Waals surface area contributed by atoms with Crippen LogP contribution in [0.25, 0.3) is 0 Å². The summed E-state index contributed by atoms with van der Waals surface area (Å²) in [6, 6.07) is 0.621. The summed E-state index contributed by atoms with van der Waals surface area (Å²) in [7, 11) is 0. The van der Waals surface area contributed by atoms with Crippen LogP contribution in [0.5, 0.6) is 0 Å². The van der Waals surface area contributed by atoms with Gasteiger partial charge in [0.15, 0.2) is 5.13 Å². The maximum absolute atomic E-state index is 4.48. The van der Waals surface area contributed by atoms with Gasteiger partial charge in [0.25, 0.3) is 0 Å². The standard InChI is InChI=1S/C14H18N4S2/c1-2-4-12(5-3-1)18-14-17-8-13(20-14)19-9-11-6-15-10-16-7-11/h6-8,10,12H,1-5,9H2,(H,17,18). The fourth-order valence-corrected chi connectivity index (χ4v) is 4.23. The molecule has 2 aromatic heterocycles. The van der Waals surface area contributed by atoms with E-state index >= 15 is 0 Å². The molecule has 0 atom stereocenters. The van der Waals surface area contributed by atoms with Crippen molar-refractivity contribution in [1.82, 2.24) is 15.0 Å². The van der Waals surface area contributed by atoms with Gasteiger partial charge in [0.05, 0.1) is 10.4 Å². The molecule has 3 rings (SSSR count). The minimum atomic E-state index is 0.621. The molecule has 1 aliphatic carbocycles. The first-order valence-electron chi connectivity index (χ1n) is 6.99. The van der Waals surface area contributed by atoms with Crippen LogP contribution in [0.2, 0.25) is 0 Å². The molecular formula is C14H18N4S2. The van der Waals surface area contributed by atoms with Crippen molar-refractivity contribution in [3.63, 3.8) is 0 Å². The summed E-state index contributed by atoms with van der Waals surface area (Å²) in [5, 5.41) is 4.63. The van der Waals surface area contributed by atoms with E-state index in [9.17, 15) is 0 Å². The SMILES string of the molecule is c1ncc(CSc2cnc(NC3CCCCC3)s2)cn1. The number of anilines is 1. The molecule has 106 valence electrons. The predicted octanol–water partition coefficient (Wildman–Crippen LogP) is 3.97. The van der Waals surface area contributed by atoms with Crippen LogP contribution >= 0.6 is 23.1 Å². The Morgan fingerprint density at radius 3 is 2.75 bits per heavy atom. The predicted molar refractivity (Wildman–Crippen MR) is 84.2 cm³/mol. The highest BCUT2D eigenvalue weighted by atomic mass is 32.2. The van der Waals surface area contributed by atoms with Gasteiger partial charge < -0.3 is 5.32 Å². The number of nitrogens with one attached hydrogen (secondary N) is 1. The smallest absolute Gasteiger partial charge is 0.183 e. The summed E-state index contributed by atoms with van der Waals surface area (Å²) < 4.78 is 1.24. The van der Waals surface area contributed by atoms with Gasteiger partial charge in [0.2, 0.25) is 0 Å². The summed E-state index contributed by atoms with van der Waals surface area (Å²) >= 11 is 3.54. The van der Waals surface area contributed by atoms with Crippen LogP contribution < -0.4 is 5.32 Å². The Bertz CT molecular complexity index is 523. The van der Waals surface area contributed by atoms with Gasteiger partial charge in [-0.05, 0) is 18.4 Å². The number of hydrogen-bond acceptors (Lipinski definition) is 6. The first-order chi connectivity index (χ1) is 9.90. The van der Waals surface area contributed by atoms with E-state index in [1.807, 2.05) is 18.6 Å². The van der Waals surface area contributed by atoms with Crippen molar-refractivity contribution < 1.29 is 0 Å². The molecule has 1 saturated carbocycles. The van der Waals surface area contributed by atoms with E-state index in [-0.39, 0.29) is 0 Å². The Balaban J connectivity index is 1.51. The van der Waals surface area contributed by atoms with E-state index in [2.05, 4.69) is 20.3 Å². The van der Waals surface area contributed by atoms with Gasteiger partial charge in [-0.25, -0.2) is 15.0 Å². The Labute approximate surface area is 127 Å². The summed E-state index contributed by atoms with van der Waals surface area (Å²) in [6.07, 6.45) is 13.9. The zero-order valence-electron chi connectivity index (χ0n) is 11.3. The van der Waals surface area contributed by atoms with Crippen molar-refractivity contribution in [2.45, 2.75) is 48.1 Å². The number of rotatable bonds is 5. The fraction of sp³-hybridized carbons (Fsp3) is 0.500. The molecule has 1 N–H and O–H groups in total.